The summed E-state index contributed by atoms with van der Waals surface area (Å²) >= 11 is 6.24. The molecule has 0 bridgehead atoms. The number of ether oxygens (including phenoxy) is 4. The van der Waals surface area contributed by atoms with Crippen LogP contribution in [0.4, 0.5) is 0 Å². The van der Waals surface area contributed by atoms with Crippen molar-refractivity contribution in [1.29, 1.82) is 0 Å². The highest BCUT2D eigenvalue weighted by molar-refractivity contribution is 6.33. The first-order chi connectivity index (χ1) is 15.1. The van der Waals surface area contributed by atoms with Gasteiger partial charge in [-0.25, -0.2) is 0 Å². The fraction of sp³-hybridized carbons (Fsp3) is 0.182. The van der Waals surface area contributed by atoms with E-state index in [4.69, 9.17) is 30.5 Å². The Hall–Kier alpha value is -3.85. The largest absolute Gasteiger partial charge is 0.495 e. The highest BCUT2D eigenvalue weighted by Gasteiger charge is 2.23. The molecule has 0 radical (unpaired) electrons. The van der Waals surface area contributed by atoms with Gasteiger partial charge >= 0.3 is 17.9 Å². The van der Waals surface area contributed by atoms with E-state index in [-0.39, 0.29) is 33.4 Å². The van der Waals surface area contributed by atoms with Gasteiger partial charge in [0.05, 0.1) is 23.2 Å². The van der Waals surface area contributed by atoms with Crippen LogP contribution in [0.1, 0.15) is 20.8 Å². The molecule has 0 unspecified atom stereocenters. The number of halogens is 1. The Balaban J connectivity index is 2.37. The van der Waals surface area contributed by atoms with Gasteiger partial charge in [0.2, 0.25) is 0 Å². The van der Waals surface area contributed by atoms with Crippen molar-refractivity contribution in [2.45, 2.75) is 20.8 Å². The van der Waals surface area contributed by atoms with Gasteiger partial charge in [-0.3, -0.25) is 19.2 Å². The summed E-state index contributed by atoms with van der Waals surface area (Å²) in [6.07, 6.45) is 0. The topological polar surface area (TPSA) is 121 Å². The Bertz CT molecular complexity index is 1310. The van der Waals surface area contributed by atoms with Crippen LogP contribution in [0.15, 0.2) is 35.1 Å². The molecule has 0 spiro atoms. The van der Waals surface area contributed by atoms with E-state index in [0.717, 1.165) is 0 Å². The van der Waals surface area contributed by atoms with Crippen molar-refractivity contribution < 1.29 is 33.3 Å². The Morgan fingerprint density at radius 1 is 0.875 bits per heavy atom. The highest BCUT2D eigenvalue weighted by atomic mass is 35.5. The molecule has 10 heteroatoms. The minimum absolute atomic E-state index is 0.0749. The van der Waals surface area contributed by atoms with Crippen molar-refractivity contribution in [3.05, 3.63) is 45.7 Å². The molecule has 1 heterocycles. The standard InChI is InChI=1S/C22H18ClNO8/c1-10(25)30-13-5-6-14(18(7-13)31-11(2)26)20-21(32-12(3)27)15-8-16(23)19(29-4)9-17(15)24-22(20)28/h5-9H,1-4H3,(H,24,28). The second-order valence-corrected chi connectivity index (χ2v) is 7.04. The molecule has 166 valence electrons. The van der Waals surface area contributed by atoms with E-state index < -0.39 is 23.5 Å². The third kappa shape index (κ3) is 4.73. The molecule has 0 aliphatic heterocycles. The molecule has 0 saturated carbocycles. The second-order valence-electron chi connectivity index (χ2n) is 6.63. The number of hydrogen-bond acceptors (Lipinski definition) is 8. The predicted molar refractivity (Wildman–Crippen MR) is 115 cm³/mol. The lowest BCUT2D eigenvalue weighted by Crippen LogP contribution is -2.15. The van der Waals surface area contributed by atoms with Crippen molar-refractivity contribution in [3.8, 4) is 34.1 Å². The van der Waals surface area contributed by atoms with Crippen LogP contribution in [0.3, 0.4) is 0 Å². The maximum absolute atomic E-state index is 13.1. The van der Waals surface area contributed by atoms with Gasteiger partial charge in [-0.1, -0.05) is 11.6 Å². The molecule has 1 aromatic heterocycles. The van der Waals surface area contributed by atoms with Crippen molar-refractivity contribution in [2.75, 3.05) is 7.11 Å². The molecule has 0 saturated heterocycles. The maximum Gasteiger partial charge on any atom is 0.308 e. The molecule has 0 aliphatic rings. The van der Waals surface area contributed by atoms with Crippen molar-refractivity contribution in [1.82, 2.24) is 4.98 Å². The number of carbonyl (C=O) groups is 3. The molecule has 1 N–H and O–H groups in total. The third-order valence-electron chi connectivity index (χ3n) is 4.22. The fourth-order valence-electron chi connectivity index (χ4n) is 3.10. The van der Waals surface area contributed by atoms with Gasteiger partial charge in [0.1, 0.15) is 17.2 Å². The summed E-state index contributed by atoms with van der Waals surface area (Å²) in [6.45, 7) is 3.56. The predicted octanol–water partition coefficient (Wildman–Crippen LogP) is 3.63. The second kappa shape index (κ2) is 9.11. The average molecular weight is 460 g/mol. The molecule has 0 aliphatic carbocycles. The Morgan fingerprint density at radius 2 is 1.53 bits per heavy atom. The number of nitrogens with one attached hydrogen (secondary N) is 1. The Kier molecular flexibility index (Phi) is 6.50. The molecule has 0 fully saturated rings. The molecular weight excluding hydrogens is 442 g/mol. The van der Waals surface area contributed by atoms with Crippen molar-refractivity contribution in [2.24, 2.45) is 0 Å². The lowest BCUT2D eigenvalue weighted by molar-refractivity contribution is -0.133. The third-order valence-corrected chi connectivity index (χ3v) is 4.52. The molecule has 9 nitrogen and oxygen atoms in total. The number of methoxy groups -OCH3 is 1. The smallest absolute Gasteiger partial charge is 0.308 e. The Morgan fingerprint density at radius 3 is 2.12 bits per heavy atom. The monoisotopic (exact) mass is 459 g/mol. The number of pyridine rings is 1. The normalized spacial score (nSPS) is 10.5. The molecule has 32 heavy (non-hydrogen) atoms. The van der Waals surface area contributed by atoms with Crippen LogP contribution in [0.2, 0.25) is 5.02 Å². The van der Waals surface area contributed by atoms with Crippen molar-refractivity contribution in [3.63, 3.8) is 0 Å². The van der Waals surface area contributed by atoms with E-state index in [1.807, 2.05) is 0 Å². The molecule has 3 rings (SSSR count). The molecule has 2 aromatic carbocycles. The average Bonchev–Trinajstić information content (AvgIpc) is 2.68. The zero-order chi connectivity index (χ0) is 23.6. The van der Waals surface area contributed by atoms with E-state index in [2.05, 4.69) is 4.98 Å². The van der Waals surface area contributed by atoms with Gasteiger partial charge in [0.15, 0.2) is 5.75 Å². The first-order valence-electron chi connectivity index (χ1n) is 9.24. The highest BCUT2D eigenvalue weighted by Crippen LogP contribution is 2.41. The summed E-state index contributed by atoms with van der Waals surface area (Å²) in [4.78, 5) is 50.6. The van der Waals surface area contributed by atoms with E-state index in [9.17, 15) is 19.2 Å². The summed E-state index contributed by atoms with van der Waals surface area (Å²) in [5, 5.41) is 0.537. The van der Waals surface area contributed by atoms with E-state index in [1.54, 1.807) is 0 Å². The summed E-state index contributed by atoms with van der Waals surface area (Å²) in [7, 11) is 1.42. The number of benzene rings is 2. The zero-order valence-corrected chi connectivity index (χ0v) is 18.3. The summed E-state index contributed by atoms with van der Waals surface area (Å²) in [6, 6.07) is 7.07. The van der Waals surface area contributed by atoms with Crippen LogP contribution in [-0.2, 0) is 14.4 Å². The van der Waals surface area contributed by atoms with Gasteiger partial charge in [-0.2, -0.15) is 0 Å². The first-order valence-corrected chi connectivity index (χ1v) is 9.61. The number of aromatic nitrogens is 1. The van der Waals surface area contributed by atoms with Gasteiger partial charge in [0, 0.05) is 43.9 Å². The van der Waals surface area contributed by atoms with Gasteiger partial charge in [0.25, 0.3) is 5.56 Å². The van der Waals surface area contributed by atoms with Gasteiger partial charge in [-0.15, -0.1) is 0 Å². The SMILES string of the molecule is COc1cc2[nH]c(=O)c(-c3ccc(OC(C)=O)cc3OC(C)=O)c(OC(C)=O)c2cc1Cl. The van der Waals surface area contributed by atoms with Crippen LogP contribution in [-0.4, -0.2) is 30.0 Å². The first kappa shape index (κ1) is 22.8. The van der Waals surface area contributed by atoms with Crippen LogP contribution in [0, 0.1) is 0 Å². The minimum Gasteiger partial charge on any atom is -0.495 e. The summed E-state index contributed by atoms with van der Waals surface area (Å²) < 4.78 is 20.8. The number of esters is 3. The lowest BCUT2D eigenvalue weighted by Gasteiger charge is -2.16. The van der Waals surface area contributed by atoms with E-state index >= 15 is 0 Å². The van der Waals surface area contributed by atoms with Gasteiger partial charge < -0.3 is 23.9 Å². The van der Waals surface area contributed by atoms with Crippen LogP contribution >= 0.6 is 11.6 Å². The number of fused-ring (bicyclic) bond motifs is 1. The lowest BCUT2D eigenvalue weighted by atomic mass is 10.0. The number of H-pyrrole nitrogens is 1. The van der Waals surface area contributed by atoms with Crippen LogP contribution in [0.25, 0.3) is 22.0 Å². The van der Waals surface area contributed by atoms with Gasteiger partial charge in [-0.05, 0) is 18.2 Å². The maximum atomic E-state index is 13.1. The number of carbonyl (C=O) groups excluding carboxylic acids is 3. The quantitative estimate of drug-likeness (QED) is 0.453. The molecular formula is C22H18ClNO8. The zero-order valence-electron chi connectivity index (χ0n) is 17.5. The fourth-order valence-corrected chi connectivity index (χ4v) is 3.34. The Labute approximate surface area is 186 Å². The molecule has 0 atom stereocenters. The van der Waals surface area contributed by atoms with E-state index in [0.29, 0.717) is 16.7 Å². The van der Waals surface area contributed by atoms with Crippen LogP contribution in [0.5, 0.6) is 23.0 Å². The van der Waals surface area contributed by atoms with Crippen LogP contribution < -0.4 is 24.5 Å². The summed E-state index contributed by atoms with van der Waals surface area (Å²) in [5.41, 5.74) is -0.282. The number of aromatic amines is 1. The molecule has 0 amide bonds. The number of rotatable bonds is 5. The summed E-state index contributed by atoms with van der Waals surface area (Å²) in [5.74, 6) is -1.71. The number of hydrogen-bond donors (Lipinski definition) is 1. The molecule has 3 aromatic rings. The van der Waals surface area contributed by atoms with E-state index in [1.165, 1.54) is 58.2 Å². The minimum atomic E-state index is -0.685. The van der Waals surface area contributed by atoms with Crippen molar-refractivity contribution >= 4 is 40.4 Å².